The predicted octanol–water partition coefficient (Wildman–Crippen LogP) is 3.64. The van der Waals surface area contributed by atoms with Gasteiger partial charge in [-0.05, 0) is 50.4 Å². The Bertz CT molecular complexity index is 395. The molecule has 82 valence electrons. The number of alkyl halides is 1. The summed E-state index contributed by atoms with van der Waals surface area (Å²) in [5, 5.41) is 0. The molecular formula is C9H7Br3FNO. The van der Waals surface area contributed by atoms with Gasteiger partial charge in [-0.1, -0.05) is 15.9 Å². The summed E-state index contributed by atoms with van der Waals surface area (Å²) in [7, 11) is 0. The Labute approximate surface area is 112 Å². The minimum atomic E-state index is -0.469. The van der Waals surface area contributed by atoms with Crippen LogP contribution in [0.3, 0.4) is 0 Å². The van der Waals surface area contributed by atoms with Gasteiger partial charge in [0.15, 0.2) is 11.6 Å². The molecule has 1 heterocycles. The molecule has 0 aliphatic heterocycles. The molecule has 1 aromatic heterocycles. The van der Waals surface area contributed by atoms with E-state index in [-0.39, 0.29) is 21.6 Å². The molecule has 0 fully saturated rings. The molecule has 6 heteroatoms. The topological polar surface area (TPSA) is 30.0 Å². The molecule has 1 aromatic rings. The molecular weight excluding hydrogens is 397 g/mol. The number of hydrogen-bond donors (Lipinski definition) is 0. The van der Waals surface area contributed by atoms with Crippen LogP contribution >= 0.6 is 47.8 Å². The highest BCUT2D eigenvalue weighted by molar-refractivity contribution is 9.11. The van der Waals surface area contributed by atoms with Crippen molar-refractivity contribution in [2.75, 3.05) is 0 Å². The lowest BCUT2D eigenvalue weighted by Gasteiger charge is -2.05. The average molecular weight is 404 g/mol. The number of ketones is 1. The second kappa shape index (κ2) is 5.50. The van der Waals surface area contributed by atoms with Crippen molar-refractivity contribution in [1.29, 1.82) is 0 Å². The Morgan fingerprint density at radius 1 is 1.53 bits per heavy atom. The first kappa shape index (κ1) is 13.3. The van der Waals surface area contributed by atoms with Crippen LogP contribution in [-0.2, 0) is 11.2 Å². The number of halogens is 4. The summed E-state index contributed by atoms with van der Waals surface area (Å²) < 4.78 is 13.8. The van der Waals surface area contributed by atoms with Crippen LogP contribution in [0.2, 0.25) is 0 Å². The number of hydrogen-bond acceptors (Lipinski definition) is 2. The number of carbonyl (C=O) groups excluding carboxylic acids is 1. The van der Waals surface area contributed by atoms with Crippen LogP contribution < -0.4 is 0 Å². The summed E-state index contributed by atoms with van der Waals surface area (Å²) in [6.45, 7) is 1.74. The first-order valence-electron chi connectivity index (χ1n) is 4.09. The van der Waals surface area contributed by atoms with Crippen LogP contribution in [0.15, 0.2) is 15.3 Å². The predicted molar refractivity (Wildman–Crippen MR) is 66.7 cm³/mol. The maximum absolute atomic E-state index is 13.2. The fourth-order valence-electron chi connectivity index (χ4n) is 0.936. The Morgan fingerprint density at radius 2 is 2.13 bits per heavy atom. The average Bonchev–Trinajstić information content (AvgIpc) is 2.13. The standard InChI is InChI=1S/C9H7Br3FNO/c1-4(10)7(15)3-5-2-6(13)9(12)14-8(5)11/h2,4H,3H2,1H3. The first-order valence-corrected chi connectivity index (χ1v) is 6.59. The number of pyridine rings is 1. The zero-order valence-corrected chi connectivity index (χ0v) is 12.5. The van der Waals surface area contributed by atoms with Crippen molar-refractivity contribution < 1.29 is 9.18 Å². The number of nitrogens with zero attached hydrogens (tertiary/aromatic N) is 1. The Hall–Kier alpha value is 0.190. The Kier molecular flexibility index (Phi) is 4.86. The number of aromatic nitrogens is 1. The van der Waals surface area contributed by atoms with Crippen molar-refractivity contribution >= 4 is 53.6 Å². The molecule has 0 bridgehead atoms. The van der Waals surface area contributed by atoms with Crippen LogP contribution in [0, 0.1) is 5.82 Å². The molecule has 0 radical (unpaired) electrons. The largest absolute Gasteiger partial charge is 0.298 e. The van der Waals surface area contributed by atoms with Crippen molar-refractivity contribution in [3.63, 3.8) is 0 Å². The maximum atomic E-state index is 13.2. The van der Waals surface area contributed by atoms with Crippen molar-refractivity contribution in [2.24, 2.45) is 0 Å². The third-order valence-corrected chi connectivity index (χ3v) is 3.52. The molecule has 1 atom stereocenters. The van der Waals surface area contributed by atoms with Gasteiger partial charge >= 0.3 is 0 Å². The van der Waals surface area contributed by atoms with E-state index in [2.05, 4.69) is 52.8 Å². The van der Waals surface area contributed by atoms with Crippen LogP contribution in [0.4, 0.5) is 4.39 Å². The van der Waals surface area contributed by atoms with E-state index >= 15 is 0 Å². The molecule has 1 unspecified atom stereocenters. The van der Waals surface area contributed by atoms with Gasteiger partial charge < -0.3 is 0 Å². The van der Waals surface area contributed by atoms with E-state index in [1.807, 2.05) is 0 Å². The quantitative estimate of drug-likeness (QED) is 0.569. The minimum absolute atomic E-state index is 0.0146. The molecule has 1 rings (SSSR count). The van der Waals surface area contributed by atoms with E-state index in [0.717, 1.165) is 0 Å². The highest BCUT2D eigenvalue weighted by Gasteiger charge is 2.14. The lowest BCUT2D eigenvalue weighted by atomic mass is 10.1. The van der Waals surface area contributed by atoms with Crippen LogP contribution in [-0.4, -0.2) is 15.6 Å². The van der Waals surface area contributed by atoms with Gasteiger partial charge in [0.1, 0.15) is 9.21 Å². The summed E-state index contributed by atoms with van der Waals surface area (Å²) in [6.07, 6.45) is 0.157. The van der Waals surface area contributed by atoms with Crippen LogP contribution in [0.5, 0.6) is 0 Å². The fraction of sp³-hybridized carbons (Fsp3) is 0.333. The zero-order valence-electron chi connectivity index (χ0n) is 7.73. The van der Waals surface area contributed by atoms with E-state index in [1.54, 1.807) is 6.92 Å². The molecule has 0 aliphatic carbocycles. The Morgan fingerprint density at radius 3 is 2.67 bits per heavy atom. The highest BCUT2D eigenvalue weighted by atomic mass is 79.9. The Balaban J connectivity index is 2.96. The summed E-state index contributed by atoms with van der Waals surface area (Å²) in [6, 6.07) is 1.30. The minimum Gasteiger partial charge on any atom is -0.298 e. The molecule has 0 amide bonds. The summed E-state index contributed by atoms with van der Waals surface area (Å²) in [5.41, 5.74) is 0.548. The van der Waals surface area contributed by atoms with E-state index in [4.69, 9.17) is 0 Å². The van der Waals surface area contributed by atoms with Gasteiger partial charge in [0.25, 0.3) is 0 Å². The van der Waals surface area contributed by atoms with Crippen molar-refractivity contribution in [1.82, 2.24) is 4.98 Å². The van der Waals surface area contributed by atoms with Crippen molar-refractivity contribution in [3.05, 3.63) is 26.7 Å². The summed E-state index contributed by atoms with van der Waals surface area (Å²) in [5.74, 6) is -0.484. The molecule has 0 aliphatic rings. The molecule has 0 saturated heterocycles. The van der Waals surface area contributed by atoms with Gasteiger partial charge in [-0.3, -0.25) is 4.79 Å². The number of Topliss-reactive ketones (excluding diaryl/α,β-unsaturated/α-hetero) is 1. The monoisotopic (exact) mass is 401 g/mol. The normalized spacial score (nSPS) is 12.6. The highest BCUT2D eigenvalue weighted by Crippen LogP contribution is 2.22. The summed E-state index contributed by atoms with van der Waals surface area (Å²) >= 11 is 9.32. The van der Waals surface area contributed by atoms with E-state index < -0.39 is 5.82 Å². The zero-order chi connectivity index (χ0) is 11.6. The SMILES string of the molecule is CC(Br)C(=O)Cc1cc(F)c(Br)nc1Br. The van der Waals surface area contributed by atoms with Gasteiger partial charge in [-0.15, -0.1) is 0 Å². The number of carbonyl (C=O) groups is 1. The van der Waals surface area contributed by atoms with Gasteiger partial charge in [0, 0.05) is 6.42 Å². The first-order chi connectivity index (χ1) is 6.91. The van der Waals surface area contributed by atoms with Gasteiger partial charge in [-0.25, -0.2) is 9.37 Å². The van der Waals surface area contributed by atoms with Gasteiger partial charge in [0.2, 0.25) is 0 Å². The third kappa shape index (κ3) is 3.60. The lowest BCUT2D eigenvalue weighted by molar-refractivity contribution is -0.117. The van der Waals surface area contributed by atoms with Gasteiger partial charge in [-0.2, -0.15) is 0 Å². The molecule has 0 spiro atoms. The molecule has 2 nitrogen and oxygen atoms in total. The smallest absolute Gasteiger partial charge is 0.156 e. The maximum Gasteiger partial charge on any atom is 0.156 e. The van der Waals surface area contributed by atoms with Crippen molar-refractivity contribution in [2.45, 2.75) is 18.2 Å². The second-order valence-corrected chi connectivity index (χ2v) is 5.85. The van der Waals surface area contributed by atoms with E-state index in [0.29, 0.717) is 10.2 Å². The third-order valence-electron chi connectivity index (χ3n) is 1.77. The van der Waals surface area contributed by atoms with E-state index in [1.165, 1.54) is 6.07 Å². The molecule has 0 saturated carbocycles. The molecule has 0 N–H and O–H groups in total. The molecule has 0 aromatic carbocycles. The second-order valence-electron chi connectivity index (χ2n) is 2.97. The van der Waals surface area contributed by atoms with E-state index in [9.17, 15) is 9.18 Å². The van der Waals surface area contributed by atoms with Crippen LogP contribution in [0.25, 0.3) is 0 Å². The van der Waals surface area contributed by atoms with Crippen molar-refractivity contribution in [3.8, 4) is 0 Å². The fourth-order valence-corrected chi connectivity index (χ4v) is 2.06. The molecule has 15 heavy (non-hydrogen) atoms. The van der Waals surface area contributed by atoms with Gasteiger partial charge in [0.05, 0.1) is 4.83 Å². The summed E-state index contributed by atoms with van der Waals surface area (Å²) in [4.78, 5) is 15.1. The van der Waals surface area contributed by atoms with Crippen LogP contribution in [0.1, 0.15) is 12.5 Å². The lowest BCUT2D eigenvalue weighted by Crippen LogP contribution is -2.13. The number of rotatable bonds is 3.